The number of carboxylic acids is 1. The van der Waals surface area contributed by atoms with Crippen LogP contribution >= 0.6 is 11.6 Å². The molecule has 0 unspecified atom stereocenters. The van der Waals surface area contributed by atoms with Gasteiger partial charge in [0.25, 0.3) is 0 Å². The van der Waals surface area contributed by atoms with Crippen molar-refractivity contribution in [3.05, 3.63) is 40.4 Å². The van der Waals surface area contributed by atoms with Crippen molar-refractivity contribution in [3.63, 3.8) is 0 Å². The van der Waals surface area contributed by atoms with Crippen molar-refractivity contribution in [2.24, 2.45) is 0 Å². The molecule has 0 saturated heterocycles. The molecule has 0 amide bonds. The van der Waals surface area contributed by atoms with Crippen LogP contribution in [0, 0.1) is 0 Å². The van der Waals surface area contributed by atoms with E-state index in [-0.39, 0.29) is 18.8 Å². The molecule has 0 atom stereocenters. The molecule has 0 radical (unpaired) electrons. The van der Waals surface area contributed by atoms with E-state index < -0.39 is 5.97 Å². The molecule has 1 rings (SSSR count). The van der Waals surface area contributed by atoms with Gasteiger partial charge in [-0.1, -0.05) is 29.8 Å². The minimum atomic E-state index is -0.936. The normalized spacial score (nSPS) is 10.6. The summed E-state index contributed by atoms with van der Waals surface area (Å²) in [5.41, 5.74) is 1.34. The highest BCUT2D eigenvalue weighted by Gasteiger charge is 2.05. The Morgan fingerprint density at radius 1 is 1.42 bits per heavy atom. The van der Waals surface area contributed by atoms with Crippen molar-refractivity contribution in [2.75, 3.05) is 6.61 Å². The van der Waals surface area contributed by atoms with Gasteiger partial charge in [0.05, 0.1) is 19.4 Å². The van der Waals surface area contributed by atoms with Gasteiger partial charge in [0, 0.05) is 5.02 Å². The highest BCUT2D eigenvalue weighted by Crippen LogP contribution is 2.19. The average Bonchev–Trinajstić information content (AvgIpc) is 2.33. The third-order valence-electron chi connectivity index (χ3n) is 2.31. The topological polar surface area (TPSA) is 63.6 Å². The molecule has 5 heteroatoms. The first kappa shape index (κ1) is 15.2. The molecule has 4 nitrogen and oxygen atoms in total. The summed E-state index contributed by atoms with van der Waals surface area (Å²) in [6.07, 6.45) is 3.47. The number of rotatable bonds is 6. The maximum atomic E-state index is 11.1. The van der Waals surface area contributed by atoms with E-state index in [4.69, 9.17) is 21.4 Å². The number of ether oxygens (including phenoxy) is 1. The van der Waals surface area contributed by atoms with Crippen molar-refractivity contribution < 1.29 is 19.4 Å². The minimum absolute atomic E-state index is 0.127. The molecule has 19 heavy (non-hydrogen) atoms. The van der Waals surface area contributed by atoms with Crippen LogP contribution in [0.25, 0.3) is 6.08 Å². The monoisotopic (exact) mass is 282 g/mol. The number of benzene rings is 1. The summed E-state index contributed by atoms with van der Waals surface area (Å²) in [5.74, 6) is -1.23. The van der Waals surface area contributed by atoms with Crippen molar-refractivity contribution in [2.45, 2.75) is 19.8 Å². The van der Waals surface area contributed by atoms with Gasteiger partial charge in [-0.05, 0) is 30.2 Å². The molecule has 1 aromatic carbocycles. The van der Waals surface area contributed by atoms with Crippen LogP contribution in [0.2, 0.25) is 5.02 Å². The highest BCUT2D eigenvalue weighted by molar-refractivity contribution is 6.31. The fourth-order valence-electron chi connectivity index (χ4n) is 1.51. The quantitative estimate of drug-likeness (QED) is 0.815. The second-order valence-electron chi connectivity index (χ2n) is 3.83. The van der Waals surface area contributed by atoms with E-state index in [1.165, 1.54) is 0 Å². The Morgan fingerprint density at radius 2 is 2.16 bits per heavy atom. The number of aliphatic carboxylic acids is 1. The summed E-state index contributed by atoms with van der Waals surface area (Å²) in [4.78, 5) is 21.8. The molecule has 0 aliphatic rings. The zero-order valence-corrected chi connectivity index (χ0v) is 11.3. The molecule has 0 aromatic heterocycles. The van der Waals surface area contributed by atoms with E-state index in [1.807, 2.05) is 0 Å². The lowest BCUT2D eigenvalue weighted by molar-refractivity contribution is -0.142. The molecule has 0 aliphatic carbocycles. The van der Waals surface area contributed by atoms with Gasteiger partial charge in [-0.25, -0.2) is 0 Å². The number of carboxylic acid groups (broad SMARTS) is 1. The van der Waals surface area contributed by atoms with Gasteiger partial charge in [-0.2, -0.15) is 0 Å². The van der Waals surface area contributed by atoms with Crippen LogP contribution in [-0.2, 0) is 20.7 Å². The Bertz CT molecular complexity index is 494. The third kappa shape index (κ3) is 5.57. The third-order valence-corrected chi connectivity index (χ3v) is 2.68. The summed E-state index contributed by atoms with van der Waals surface area (Å²) in [6, 6.07) is 5.09. The largest absolute Gasteiger partial charge is 0.481 e. The predicted octanol–water partition coefficient (Wildman–Crippen LogP) is 2.93. The number of carbonyl (C=O) groups is 2. The average molecular weight is 283 g/mol. The molecular formula is C14H15ClO4. The van der Waals surface area contributed by atoms with E-state index in [0.29, 0.717) is 17.2 Å². The van der Waals surface area contributed by atoms with Gasteiger partial charge in [-0.3, -0.25) is 9.59 Å². The smallest absolute Gasteiger partial charge is 0.309 e. The van der Waals surface area contributed by atoms with Crippen LogP contribution in [0.5, 0.6) is 0 Å². The lowest BCUT2D eigenvalue weighted by atomic mass is 10.1. The van der Waals surface area contributed by atoms with Gasteiger partial charge in [0.2, 0.25) is 0 Å². The fourth-order valence-corrected chi connectivity index (χ4v) is 1.69. The van der Waals surface area contributed by atoms with Gasteiger partial charge < -0.3 is 9.84 Å². The molecule has 0 bridgehead atoms. The first-order valence-electron chi connectivity index (χ1n) is 5.85. The number of hydrogen-bond acceptors (Lipinski definition) is 3. The first-order valence-corrected chi connectivity index (χ1v) is 6.23. The van der Waals surface area contributed by atoms with Crippen LogP contribution in [0.4, 0.5) is 0 Å². The SMILES string of the molecule is CCOC(=O)CC=Cc1ccc(Cl)c(CC(=O)O)c1. The maximum absolute atomic E-state index is 11.1. The van der Waals surface area contributed by atoms with Gasteiger partial charge in [-0.15, -0.1) is 0 Å². The summed E-state index contributed by atoms with van der Waals surface area (Å²) in [6.45, 7) is 2.11. The minimum Gasteiger partial charge on any atom is -0.481 e. The van der Waals surface area contributed by atoms with Crippen LogP contribution in [0.3, 0.4) is 0 Å². The number of hydrogen-bond donors (Lipinski definition) is 1. The van der Waals surface area contributed by atoms with E-state index in [2.05, 4.69) is 0 Å². The van der Waals surface area contributed by atoms with E-state index in [9.17, 15) is 9.59 Å². The summed E-state index contributed by atoms with van der Waals surface area (Å²) in [5, 5.41) is 9.17. The van der Waals surface area contributed by atoms with Gasteiger partial charge in [0.1, 0.15) is 0 Å². The number of carbonyl (C=O) groups excluding carboxylic acids is 1. The standard InChI is InChI=1S/C14H15ClO4/c1-2-19-14(18)5-3-4-10-6-7-12(15)11(8-10)9-13(16)17/h3-4,6-8H,2,5,9H2,1H3,(H,16,17). The van der Waals surface area contributed by atoms with Crippen LogP contribution in [-0.4, -0.2) is 23.7 Å². The van der Waals surface area contributed by atoms with Gasteiger partial charge >= 0.3 is 11.9 Å². The zero-order chi connectivity index (χ0) is 14.3. The van der Waals surface area contributed by atoms with Crippen molar-refractivity contribution >= 4 is 29.6 Å². The maximum Gasteiger partial charge on any atom is 0.309 e. The molecule has 1 N–H and O–H groups in total. The Morgan fingerprint density at radius 3 is 2.79 bits per heavy atom. The van der Waals surface area contributed by atoms with Crippen LogP contribution < -0.4 is 0 Å². The van der Waals surface area contributed by atoms with E-state index in [1.54, 1.807) is 37.3 Å². The lowest BCUT2D eigenvalue weighted by Crippen LogP contribution is -2.01. The van der Waals surface area contributed by atoms with E-state index >= 15 is 0 Å². The van der Waals surface area contributed by atoms with Crippen molar-refractivity contribution in [1.82, 2.24) is 0 Å². The van der Waals surface area contributed by atoms with Crippen LogP contribution in [0.1, 0.15) is 24.5 Å². The molecule has 0 spiro atoms. The highest BCUT2D eigenvalue weighted by atomic mass is 35.5. The van der Waals surface area contributed by atoms with Gasteiger partial charge in [0.15, 0.2) is 0 Å². The second-order valence-corrected chi connectivity index (χ2v) is 4.24. The predicted molar refractivity (Wildman–Crippen MR) is 73.1 cm³/mol. The zero-order valence-electron chi connectivity index (χ0n) is 10.6. The van der Waals surface area contributed by atoms with E-state index in [0.717, 1.165) is 5.56 Å². The van der Waals surface area contributed by atoms with Crippen molar-refractivity contribution in [3.8, 4) is 0 Å². The fraction of sp³-hybridized carbons (Fsp3) is 0.286. The Hall–Kier alpha value is -1.81. The molecule has 0 heterocycles. The number of esters is 1. The second kappa shape index (κ2) is 7.59. The molecular weight excluding hydrogens is 268 g/mol. The molecule has 102 valence electrons. The number of halogens is 1. The summed E-state index contributed by atoms with van der Waals surface area (Å²) in [7, 11) is 0. The lowest BCUT2D eigenvalue weighted by Gasteiger charge is -2.03. The Balaban J connectivity index is 2.71. The summed E-state index contributed by atoms with van der Waals surface area (Å²) >= 11 is 5.90. The molecule has 0 aliphatic heterocycles. The molecule has 1 aromatic rings. The first-order chi connectivity index (χ1) is 9.02. The molecule has 0 saturated carbocycles. The Kier molecular flexibility index (Phi) is 6.09. The van der Waals surface area contributed by atoms with Crippen LogP contribution in [0.15, 0.2) is 24.3 Å². The Labute approximate surface area is 116 Å². The van der Waals surface area contributed by atoms with Crippen molar-refractivity contribution in [1.29, 1.82) is 0 Å². The molecule has 0 fully saturated rings. The summed E-state index contributed by atoms with van der Waals surface area (Å²) < 4.78 is 4.79.